The summed E-state index contributed by atoms with van der Waals surface area (Å²) in [5, 5.41) is 8.92. The molecule has 6 heteroatoms. The Balaban J connectivity index is 2.29. The van der Waals surface area contributed by atoms with Crippen molar-refractivity contribution in [1.82, 2.24) is 0 Å². The first-order valence-corrected chi connectivity index (χ1v) is 6.84. The minimum atomic E-state index is -0.909. The van der Waals surface area contributed by atoms with Crippen molar-refractivity contribution in [2.75, 3.05) is 11.4 Å². The number of carboxylic acid groups (broad SMARTS) is 1. The van der Waals surface area contributed by atoms with E-state index in [0.717, 1.165) is 13.7 Å². The fourth-order valence-corrected chi connectivity index (χ4v) is 3.40. The molecule has 0 radical (unpaired) electrons. The van der Waals surface area contributed by atoms with Crippen molar-refractivity contribution >= 4 is 56.1 Å². The van der Waals surface area contributed by atoms with Crippen molar-refractivity contribution in [3.8, 4) is 0 Å². The SMILES string of the molecule is O=C(O)C1CC(=O)N(c2ccc(Br)cc2I)C1. The lowest BCUT2D eigenvalue weighted by Crippen LogP contribution is -2.26. The second-order valence-corrected chi connectivity index (χ2v) is 5.92. The Hall–Kier alpha value is -0.630. The summed E-state index contributed by atoms with van der Waals surface area (Å²) in [7, 11) is 0. The van der Waals surface area contributed by atoms with Gasteiger partial charge in [-0.3, -0.25) is 9.59 Å². The number of benzene rings is 1. The largest absolute Gasteiger partial charge is 0.481 e. The van der Waals surface area contributed by atoms with Gasteiger partial charge in [-0.05, 0) is 40.8 Å². The number of carbonyl (C=O) groups is 2. The van der Waals surface area contributed by atoms with Gasteiger partial charge in [-0.1, -0.05) is 15.9 Å². The second kappa shape index (κ2) is 4.93. The smallest absolute Gasteiger partial charge is 0.308 e. The van der Waals surface area contributed by atoms with Crippen molar-refractivity contribution in [1.29, 1.82) is 0 Å². The van der Waals surface area contributed by atoms with E-state index in [1.165, 1.54) is 0 Å². The molecule has 0 bridgehead atoms. The Morgan fingerprint density at radius 3 is 2.76 bits per heavy atom. The molecule has 2 rings (SSSR count). The molecule has 1 fully saturated rings. The number of hydrogen-bond donors (Lipinski definition) is 1. The van der Waals surface area contributed by atoms with E-state index in [9.17, 15) is 9.59 Å². The molecule has 1 atom stereocenters. The number of rotatable bonds is 2. The minimum absolute atomic E-state index is 0.0848. The number of nitrogens with zero attached hydrogens (tertiary/aromatic N) is 1. The van der Waals surface area contributed by atoms with Crippen LogP contribution in [0.25, 0.3) is 0 Å². The first-order chi connectivity index (χ1) is 7.99. The maximum Gasteiger partial charge on any atom is 0.308 e. The van der Waals surface area contributed by atoms with Gasteiger partial charge in [0.2, 0.25) is 5.91 Å². The van der Waals surface area contributed by atoms with E-state index in [-0.39, 0.29) is 18.9 Å². The van der Waals surface area contributed by atoms with Gasteiger partial charge in [-0.2, -0.15) is 0 Å². The quantitative estimate of drug-likeness (QED) is 0.763. The van der Waals surface area contributed by atoms with E-state index in [2.05, 4.69) is 38.5 Å². The zero-order valence-corrected chi connectivity index (χ0v) is 12.4. The van der Waals surface area contributed by atoms with Crippen LogP contribution in [0.5, 0.6) is 0 Å². The van der Waals surface area contributed by atoms with Crippen LogP contribution in [0.4, 0.5) is 5.69 Å². The molecular formula is C11H9BrINO3. The molecule has 0 spiro atoms. The molecule has 0 aromatic heterocycles. The van der Waals surface area contributed by atoms with Crippen LogP contribution in [0.15, 0.2) is 22.7 Å². The first-order valence-electron chi connectivity index (χ1n) is 4.97. The summed E-state index contributed by atoms with van der Waals surface area (Å²) >= 11 is 5.49. The van der Waals surface area contributed by atoms with E-state index in [4.69, 9.17) is 5.11 Å². The second-order valence-electron chi connectivity index (χ2n) is 3.84. The van der Waals surface area contributed by atoms with Crippen molar-refractivity contribution in [3.05, 3.63) is 26.2 Å². The lowest BCUT2D eigenvalue weighted by Gasteiger charge is -2.18. The molecule has 0 saturated carbocycles. The fraction of sp³-hybridized carbons (Fsp3) is 0.273. The van der Waals surface area contributed by atoms with Crippen LogP contribution in [0.1, 0.15) is 6.42 Å². The van der Waals surface area contributed by atoms with Crippen LogP contribution in [0.3, 0.4) is 0 Å². The highest BCUT2D eigenvalue weighted by Crippen LogP contribution is 2.31. The molecule has 90 valence electrons. The van der Waals surface area contributed by atoms with Crippen molar-refractivity contribution in [2.45, 2.75) is 6.42 Å². The van der Waals surface area contributed by atoms with Gasteiger partial charge in [0, 0.05) is 21.0 Å². The van der Waals surface area contributed by atoms with Crippen LogP contribution in [-0.4, -0.2) is 23.5 Å². The third-order valence-electron chi connectivity index (χ3n) is 2.67. The van der Waals surface area contributed by atoms with Gasteiger partial charge in [0.1, 0.15) is 0 Å². The van der Waals surface area contributed by atoms with Crippen LogP contribution < -0.4 is 4.90 Å². The monoisotopic (exact) mass is 409 g/mol. The topological polar surface area (TPSA) is 57.6 Å². The molecule has 1 aromatic carbocycles. The third-order valence-corrected chi connectivity index (χ3v) is 4.03. The molecule has 1 N–H and O–H groups in total. The summed E-state index contributed by atoms with van der Waals surface area (Å²) in [6.07, 6.45) is 0.0848. The summed E-state index contributed by atoms with van der Waals surface area (Å²) < 4.78 is 1.86. The molecular weight excluding hydrogens is 401 g/mol. The van der Waals surface area contributed by atoms with Gasteiger partial charge in [0.15, 0.2) is 0 Å². The van der Waals surface area contributed by atoms with E-state index < -0.39 is 11.9 Å². The van der Waals surface area contributed by atoms with Crippen LogP contribution >= 0.6 is 38.5 Å². The zero-order chi connectivity index (χ0) is 12.6. The Bertz CT molecular complexity index is 492. The molecule has 1 unspecified atom stereocenters. The highest BCUT2D eigenvalue weighted by atomic mass is 127. The maximum absolute atomic E-state index is 11.8. The van der Waals surface area contributed by atoms with Crippen molar-refractivity contribution < 1.29 is 14.7 Å². The Labute approximate surface area is 120 Å². The molecule has 4 nitrogen and oxygen atoms in total. The Kier molecular flexibility index (Phi) is 3.72. The Morgan fingerprint density at radius 1 is 1.53 bits per heavy atom. The van der Waals surface area contributed by atoms with E-state index in [1.807, 2.05) is 18.2 Å². The third kappa shape index (κ3) is 2.62. The summed E-state index contributed by atoms with van der Waals surface area (Å²) in [6, 6.07) is 5.57. The molecule has 0 aliphatic carbocycles. The molecule has 1 aliphatic heterocycles. The van der Waals surface area contributed by atoms with Gasteiger partial charge in [-0.25, -0.2) is 0 Å². The normalized spacial score (nSPS) is 19.8. The highest BCUT2D eigenvalue weighted by molar-refractivity contribution is 14.1. The van der Waals surface area contributed by atoms with Gasteiger partial charge in [-0.15, -0.1) is 0 Å². The zero-order valence-electron chi connectivity index (χ0n) is 8.69. The van der Waals surface area contributed by atoms with Crippen LogP contribution in [-0.2, 0) is 9.59 Å². The number of carbonyl (C=O) groups excluding carboxylic acids is 1. The van der Waals surface area contributed by atoms with Gasteiger partial charge in [0.05, 0.1) is 11.6 Å². The predicted molar refractivity (Wildman–Crippen MR) is 75.0 cm³/mol. The molecule has 1 aliphatic rings. The summed E-state index contributed by atoms with van der Waals surface area (Å²) in [5.74, 6) is -1.63. The number of anilines is 1. The maximum atomic E-state index is 11.8. The average molecular weight is 410 g/mol. The van der Waals surface area contributed by atoms with Gasteiger partial charge in [0.25, 0.3) is 0 Å². The highest BCUT2D eigenvalue weighted by Gasteiger charge is 2.35. The summed E-state index contributed by atoms with van der Waals surface area (Å²) in [6.45, 7) is 0.256. The van der Waals surface area contributed by atoms with E-state index in [0.29, 0.717) is 0 Å². The van der Waals surface area contributed by atoms with E-state index >= 15 is 0 Å². The number of amides is 1. The Morgan fingerprint density at radius 2 is 2.24 bits per heavy atom. The number of hydrogen-bond acceptors (Lipinski definition) is 2. The molecule has 1 amide bonds. The van der Waals surface area contributed by atoms with E-state index in [1.54, 1.807) is 4.90 Å². The van der Waals surface area contributed by atoms with Crippen molar-refractivity contribution in [3.63, 3.8) is 0 Å². The van der Waals surface area contributed by atoms with Crippen molar-refractivity contribution in [2.24, 2.45) is 5.92 Å². The molecule has 1 aromatic rings. The lowest BCUT2D eigenvalue weighted by atomic mass is 10.1. The predicted octanol–water partition coefficient (Wildman–Crippen LogP) is 2.49. The standard InChI is InChI=1S/C11H9BrINO3/c12-7-1-2-9(8(13)4-7)14-5-6(11(16)17)3-10(14)15/h1-2,4,6H,3,5H2,(H,16,17). The first kappa shape index (κ1) is 12.8. The number of aliphatic carboxylic acids is 1. The van der Waals surface area contributed by atoms with Crippen LogP contribution in [0, 0.1) is 9.49 Å². The number of carboxylic acids is 1. The van der Waals surface area contributed by atoms with Gasteiger partial charge >= 0.3 is 5.97 Å². The summed E-state index contributed by atoms with van der Waals surface area (Å²) in [5.41, 5.74) is 0.780. The molecule has 1 heterocycles. The molecule has 1 saturated heterocycles. The fourth-order valence-electron chi connectivity index (χ4n) is 1.81. The van der Waals surface area contributed by atoms with Crippen LogP contribution in [0.2, 0.25) is 0 Å². The molecule has 17 heavy (non-hydrogen) atoms. The minimum Gasteiger partial charge on any atom is -0.481 e. The van der Waals surface area contributed by atoms with Gasteiger partial charge < -0.3 is 10.0 Å². The number of halogens is 2. The average Bonchev–Trinajstić information content (AvgIpc) is 2.61. The summed E-state index contributed by atoms with van der Waals surface area (Å²) in [4.78, 5) is 24.2. The lowest BCUT2D eigenvalue weighted by molar-refractivity contribution is -0.141.